The van der Waals surface area contributed by atoms with Crippen molar-refractivity contribution in [3.8, 4) is 0 Å². The minimum atomic E-state index is -0.863. The maximum absolute atomic E-state index is 10.1. The van der Waals surface area contributed by atoms with E-state index >= 15 is 0 Å². The molecule has 1 aromatic heterocycles. The molecule has 2 aromatic rings. The highest BCUT2D eigenvalue weighted by Crippen LogP contribution is 2.23. The molecule has 3 N–H and O–H groups in total. The Balaban J connectivity index is 2.21. The van der Waals surface area contributed by atoms with Crippen molar-refractivity contribution in [2.75, 3.05) is 13.6 Å². The minimum absolute atomic E-state index is 0.515. The van der Waals surface area contributed by atoms with Crippen molar-refractivity contribution in [2.45, 2.75) is 18.6 Å². The number of nitrogens with zero attached hydrogens (tertiary/aromatic N) is 2. The van der Waals surface area contributed by atoms with E-state index < -0.39 is 12.2 Å². The standard InChI is InChI=1S/C13H19N3O2/c1-14-6-5-12(17)13(18)9-3-4-10-8-15-16(2)11(10)7-9/h3-4,7-8,12-14,17-18H,5-6H2,1-2H3. The first kappa shape index (κ1) is 13.0. The Morgan fingerprint density at radius 3 is 2.89 bits per heavy atom. The summed E-state index contributed by atoms with van der Waals surface area (Å²) in [5.74, 6) is 0. The van der Waals surface area contributed by atoms with E-state index in [1.54, 1.807) is 10.9 Å². The van der Waals surface area contributed by atoms with E-state index in [9.17, 15) is 10.2 Å². The molecule has 0 saturated carbocycles. The highest BCUT2D eigenvalue weighted by atomic mass is 16.3. The van der Waals surface area contributed by atoms with E-state index in [0.717, 1.165) is 16.5 Å². The molecular weight excluding hydrogens is 230 g/mol. The average Bonchev–Trinajstić information content (AvgIpc) is 2.76. The lowest BCUT2D eigenvalue weighted by Gasteiger charge is -2.18. The average molecular weight is 249 g/mol. The molecule has 2 rings (SSSR count). The summed E-state index contributed by atoms with van der Waals surface area (Å²) in [5.41, 5.74) is 1.67. The smallest absolute Gasteiger partial charge is 0.105 e. The molecule has 18 heavy (non-hydrogen) atoms. The van der Waals surface area contributed by atoms with Crippen LogP contribution in [-0.4, -0.2) is 39.7 Å². The van der Waals surface area contributed by atoms with Gasteiger partial charge in [-0.1, -0.05) is 12.1 Å². The lowest BCUT2D eigenvalue weighted by Crippen LogP contribution is -2.23. The van der Waals surface area contributed by atoms with Crippen molar-refractivity contribution < 1.29 is 10.2 Å². The van der Waals surface area contributed by atoms with Crippen molar-refractivity contribution >= 4 is 10.9 Å². The van der Waals surface area contributed by atoms with Crippen LogP contribution in [0.15, 0.2) is 24.4 Å². The number of aliphatic hydroxyl groups is 2. The summed E-state index contributed by atoms with van der Waals surface area (Å²) in [4.78, 5) is 0. The van der Waals surface area contributed by atoms with Gasteiger partial charge in [0.05, 0.1) is 17.8 Å². The molecule has 1 heterocycles. The molecule has 5 heteroatoms. The van der Waals surface area contributed by atoms with Gasteiger partial charge in [0.1, 0.15) is 6.10 Å². The summed E-state index contributed by atoms with van der Waals surface area (Å²) >= 11 is 0. The predicted octanol–water partition coefficient (Wildman–Crippen LogP) is 0.577. The second-order valence-electron chi connectivity index (χ2n) is 4.49. The number of hydrogen-bond donors (Lipinski definition) is 3. The molecule has 0 aliphatic carbocycles. The fourth-order valence-corrected chi connectivity index (χ4v) is 2.02. The van der Waals surface area contributed by atoms with Gasteiger partial charge >= 0.3 is 0 Å². The number of rotatable bonds is 5. The van der Waals surface area contributed by atoms with Gasteiger partial charge in [-0.15, -0.1) is 0 Å². The minimum Gasteiger partial charge on any atom is -0.390 e. The summed E-state index contributed by atoms with van der Waals surface area (Å²) < 4.78 is 1.76. The molecule has 0 bridgehead atoms. The molecule has 0 saturated heterocycles. The summed E-state index contributed by atoms with van der Waals surface area (Å²) in [7, 11) is 3.68. The van der Waals surface area contributed by atoms with Crippen molar-refractivity contribution in [1.82, 2.24) is 15.1 Å². The molecule has 0 amide bonds. The molecule has 98 valence electrons. The first-order valence-corrected chi connectivity index (χ1v) is 6.06. The number of hydrogen-bond acceptors (Lipinski definition) is 4. The van der Waals surface area contributed by atoms with Gasteiger partial charge in [-0.25, -0.2) is 0 Å². The number of aryl methyl sites for hydroxylation is 1. The van der Waals surface area contributed by atoms with Crippen LogP contribution < -0.4 is 5.32 Å². The third-order valence-corrected chi connectivity index (χ3v) is 3.17. The Morgan fingerprint density at radius 1 is 1.39 bits per heavy atom. The van der Waals surface area contributed by atoms with E-state index in [-0.39, 0.29) is 0 Å². The van der Waals surface area contributed by atoms with Crippen molar-refractivity contribution in [3.63, 3.8) is 0 Å². The van der Waals surface area contributed by atoms with Crippen molar-refractivity contribution in [3.05, 3.63) is 30.0 Å². The number of aliphatic hydroxyl groups excluding tert-OH is 2. The van der Waals surface area contributed by atoms with Gasteiger partial charge in [0.15, 0.2) is 0 Å². The van der Waals surface area contributed by atoms with Crippen LogP contribution in [-0.2, 0) is 7.05 Å². The molecule has 2 atom stereocenters. The summed E-state index contributed by atoms with van der Waals surface area (Å²) in [6.07, 6.45) is 0.671. The summed E-state index contributed by atoms with van der Waals surface area (Å²) in [5, 5.41) is 28.1. The Kier molecular flexibility index (Phi) is 3.96. The van der Waals surface area contributed by atoms with Crippen LogP contribution in [0.3, 0.4) is 0 Å². The third kappa shape index (κ3) is 2.53. The lowest BCUT2D eigenvalue weighted by molar-refractivity contribution is 0.0141. The quantitative estimate of drug-likeness (QED) is 0.725. The molecule has 0 spiro atoms. The van der Waals surface area contributed by atoms with Gasteiger partial charge in [-0.05, 0) is 31.6 Å². The molecule has 0 aliphatic rings. The fourth-order valence-electron chi connectivity index (χ4n) is 2.02. The van der Waals surface area contributed by atoms with E-state index in [0.29, 0.717) is 13.0 Å². The molecule has 5 nitrogen and oxygen atoms in total. The fraction of sp³-hybridized carbons (Fsp3) is 0.462. The third-order valence-electron chi connectivity index (χ3n) is 3.17. The predicted molar refractivity (Wildman–Crippen MR) is 70.2 cm³/mol. The van der Waals surface area contributed by atoms with Gasteiger partial charge in [-0.3, -0.25) is 4.68 Å². The molecule has 0 radical (unpaired) electrons. The van der Waals surface area contributed by atoms with Gasteiger partial charge in [0.25, 0.3) is 0 Å². The highest BCUT2D eigenvalue weighted by molar-refractivity contribution is 5.79. The topological polar surface area (TPSA) is 70.3 Å². The number of nitrogens with one attached hydrogen (secondary N) is 1. The van der Waals surface area contributed by atoms with E-state index in [4.69, 9.17) is 0 Å². The Bertz CT molecular complexity index is 524. The van der Waals surface area contributed by atoms with Crippen LogP contribution in [0.1, 0.15) is 18.1 Å². The Morgan fingerprint density at radius 2 is 2.17 bits per heavy atom. The molecule has 0 fully saturated rings. The zero-order valence-electron chi connectivity index (χ0n) is 10.7. The van der Waals surface area contributed by atoms with Crippen LogP contribution >= 0.6 is 0 Å². The van der Waals surface area contributed by atoms with Crippen LogP contribution in [0.5, 0.6) is 0 Å². The van der Waals surface area contributed by atoms with Crippen LogP contribution in [0.25, 0.3) is 10.9 Å². The highest BCUT2D eigenvalue weighted by Gasteiger charge is 2.18. The van der Waals surface area contributed by atoms with Gasteiger partial charge in [-0.2, -0.15) is 5.10 Å². The van der Waals surface area contributed by atoms with Gasteiger partial charge in [0.2, 0.25) is 0 Å². The zero-order chi connectivity index (χ0) is 13.1. The number of benzene rings is 1. The first-order chi connectivity index (χ1) is 8.63. The van der Waals surface area contributed by atoms with Crippen molar-refractivity contribution in [1.29, 1.82) is 0 Å². The van der Waals surface area contributed by atoms with E-state index in [2.05, 4.69) is 10.4 Å². The second kappa shape index (κ2) is 5.48. The summed E-state index contributed by atoms with van der Waals surface area (Å²) in [6.45, 7) is 0.673. The van der Waals surface area contributed by atoms with Crippen LogP contribution in [0.4, 0.5) is 0 Å². The normalized spacial score (nSPS) is 14.9. The zero-order valence-corrected chi connectivity index (χ0v) is 10.7. The van der Waals surface area contributed by atoms with Crippen LogP contribution in [0, 0.1) is 0 Å². The van der Waals surface area contributed by atoms with E-state index in [1.165, 1.54) is 0 Å². The van der Waals surface area contributed by atoms with E-state index in [1.807, 2.05) is 32.3 Å². The maximum atomic E-state index is 10.1. The molecule has 0 aliphatic heterocycles. The Labute approximate surface area is 106 Å². The maximum Gasteiger partial charge on any atom is 0.105 e. The van der Waals surface area contributed by atoms with Gasteiger partial charge in [0, 0.05) is 12.4 Å². The largest absolute Gasteiger partial charge is 0.390 e. The molecule has 1 aromatic carbocycles. The van der Waals surface area contributed by atoms with Crippen molar-refractivity contribution in [2.24, 2.45) is 7.05 Å². The number of aromatic nitrogens is 2. The second-order valence-corrected chi connectivity index (χ2v) is 4.49. The monoisotopic (exact) mass is 249 g/mol. The Hall–Kier alpha value is -1.43. The number of fused-ring (bicyclic) bond motifs is 1. The first-order valence-electron chi connectivity index (χ1n) is 6.06. The SMILES string of the molecule is CNCCC(O)C(O)c1ccc2cnn(C)c2c1. The van der Waals surface area contributed by atoms with Crippen LogP contribution in [0.2, 0.25) is 0 Å². The molecular formula is C13H19N3O2. The molecule has 2 unspecified atom stereocenters. The lowest BCUT2D eigenvalue weighted by atomic mass is 10.0. The van der Waals surface area contributed by atoms with Gasteiger partial charge < -0.3 is 15.5 Å². The summed E-state index contributed by atoms with van der Waals surface area (Å²) in [6, 6.07) is 5.61.